The lowest BCUT2D eigenvalue weighted by atomic mass is 10.1. The number of unbranched alkanes of at least 4 members (excludes halogenated alkanes) is 1. The van der Waals surface area contributed by atoms with Crippen molar-refractivity contribution in [2.45, 2.75) is 64.6 Å². The van der Waals surface area contributed by atoms with Crippen LogP contribution in [0.1, 0.15) is 52.4 Å². The minimum Gasteiger partial charge on any atom is -0.460 e. The summed E-state index contributed by atoms with van der Waals surface area (Å²) < 4.78 is 21.7. The Kier molecular flexibility index (Phi) is 15.9. The van der Waals surface area contributed by atoms with Crippen LogP contribution in [0.4, 0.5) is 0 Å². The summed E-state index contributed by atoms with van der Waals surface area (Å²) in [6, 6.07) is 0. The van der Waals surface area contributed by atoms with Gasteiger partial charge in [0.2, 0.25) is 0 Å². The van der Waals surface area contributed by atoms with E-state index in [0.717, 1.165) is 12.8 Å². The highest BCUT2D eigenvalue weighted by atomic mass is 16.6. The van der Waals surface area contributed by atoms with Crippen molar-refractivity contribution in [3.63, 3.8) is 0 Å². The van der Waals surface area contributed by atoms with Crippen molar-refractivity contribution in [1.82, 2.24) is 0 Å². The fraction of sp³-hybridized carbons (Fsp3) is 0.583. The van der Waals surface area contributed by atoms with Gasteiger partial charge in [-0.2, -0.15) is 0 Å². The molecule has 0 aliphatic heterocycles. The molecule has 0 N–H and O–H groups in total. The molecular weight excluding hydrogens is 384 g/mol. The molecule has 2 atom stereocenters. The van der Waals surface area contributed by atoms with Crippen LogP contribution >= 0.6 is 0 Å². The molecule has 0 bridgehead atoms. The number of rotatable bonds is 17. The van der Waals surface area contributed by atoms with E-state index in [1.807, 2.05) is 0 Å². The smallest absolute Gasteiger partial charge is 0.302 e. The summed E-state index contributed by atoms with van der Waals surface area (Å²) in [6.07, 6.45) is 13.8. The first-order chi connectivity index (χ1) is 14.3. The van der Waals surface area contributed by atoms with Crippen molar-refractivity contribution in [1.29, 1.82) is 0 Å². The maximum Gasteiger partial charge on any atom is 0.302 e. The molecule has 0 aromatic heterocycles. The Morgan fingerprint density at radius 3 is 1.47 bits per heavy atom. The van der Waals surface area contributed by atoms with Gasteiger partial charge < -0.3 is 18.9 Å². The molecule has 0 heterocycles. The monoisotopic (exact) mass is 418 g/mol. The van der Waals surface area contributed by atoms with Crippen molar-refractivity contribution >= 4 is 11.9 Å². The SMILES string of the molecule is C#CC(=C)CCC(COCCCCOCC(CCC(=C)C#C)OC(C)=O)OC(C)=O. The van der Waals surface area contributed by atoms with Crippen LogP contribution in [0.25, 0.3) is 0 Å². The zero-order chi connectivity index (χ0) is 22.8. The van der Waals surface area contributed by atoms with Crippen LogP contribution < -0.4 is 0 Å². The molecule has 0 saturated carbocycles. The summed E-state index contributed by atoms with van der Waals surface area (Å²) in [7, 11) is 0. The van der Waals surface area contributed by atoms with Gasteiger partial charge in [-0.1, -0.05) is 25.0 Å². The maximum atomic E-state index is 11.2. The van der Waals surface area contributed by atoms with E-state index in [1.54, 1.807) is 0 Å². The molecule has 0 aliphatic rings. The molecule has 0 aromatic carbocycles. The van der Waals surface area contributed by atoms with Gasteiger partial charge in [0.15, 0.2) is 0 Å². The lowest BCUT2D eigenvalue weighted by molar-refractivity contribution is -0.151. The molecule has 30 heavy (non-hydrogen) atoms. The van der Waals surface area contributed by atoms with Crippen LogP contribution in [0.2, 0.25) is 0 Å². The van der Waals surface area contributed by atoms with Crippen LogP contribution in [-0.2, 0) is 28.5 Å². The second kappa shape index (κ2) is 17.3. The summed E-state index contributed by atoms with van der Waals surface area (Å²) >= 11 is 0. The Labute approximate surface area is 181 Å². The highest BCUT2D eigenvalue weighted by Gasteiger charge is 2.14. The van der Waals surface area contributed by atoms with Gasteiger partial charge in [0, 0.05) is 27.1 Å². The molecule has 0 fully saturated rings. The molecule has 2 unspecified atom stereocenters. The average Bonchev–Trinajstić information content (AvgIpc) is 2.70. The number of carbonyl (C=O) groups is 2. The number of carbonyl (C=O) groups excluding carboxylic acids is 2. The van der Waals surface area contributed by atoms with Gasteiger partial charge in [-0.05, 0) is 49.7 Å². The molecule has 0 radical (unpaired) electrons. The first-order valence-electron chi connectivity index (χ1n) is 10.1. The van der Waals surface area contributed by atoms with E-state index in [2.05, 4.69) is 25.0 Å². The lowest BCUT2D eigenvalue weighted by Gasteiger charge is -2.18. The second-order valence-electron chi connectivity index (χ2n) is 6.89. The van der Waals surface area contributed by atoms with E-state index in [9.17, 15) is 9.59 Å². The topological polar surface area (TPSA) is 71.1 Å². The number of ether oxygens (including phenoxy) is 4. The first kappa shape index (κ1) is 27.5. The van der Waals surface area contributed by atoms with Gasteiger partial charge in [-0.15, -0.1) is 12.8 Å². The highest BCUT2D eigenvalue weighted by Crippen LogP contribution is 2.11. The van der Waals surface area contributed by atoms with Gasteiger partial charge in [0.05, 0.1) is 13.2 Å². The lowest BCUT2D eigenvalue weighted by Crippen LogP contribution is -2.23. The fourth-order valence-corrected chi connectivity index (χ4v) is 2.47. The number of esters is 2. The molecule has 0 amide bonds. The molecule has 0 rings (SSSR count). The average molecular weight is 419 g/mol. The fourth-order valence-electron chi connectivity index (χ4n) is 2.47. The third-order valence-electron chi connectivity index (χ3n) is 4.04. The normalized spacial score (nSPS) is 12.1. The zero-order valence-corrected chi connectivity index (χ0v) is 18.2. The summed E-state index contributed by atoms with van der Waals surface area (Å²) in [5.74, 6) is 4.25. The van der Waals surface area contributed by atoms with E-state index >= 15 is 0 Å². The van der Waals surface area contributed by atoms with Crippen molar-refractivity contribution in [3.8, 4) is 24.7 Å². The van der Waals surface area contributed by atoms with E-state index in [-0.39, 0.29) is 24.1 Å². The molecule has 0 spiro atoms. The summed E-state index contributed by atoms with van der Waals surface area (Å²) in [6.45, 7) is 11.9. The Hall–Kier alpha value is -2.54. The Balaban J connectivity index is 4.00. The number of terminal acetylenes is 2. The second-order valence-corrected chi connectivity index (χ2v) is 6.89. The predicted molar refractivity (Wildman–Crippen MR) is 116 cm³/mol. The van der Waals surface area contributed by atoms with Crippen molar-refractivity contribution < 1.29 is 28.5 Å². The van der Waals surface area contributed by atoms with E-state index < -0.39 is 0 Å². The molecule has 0 aromatic rings. The number of hydrogen-bond acceptors (Lipinski definition) is 6. The van der Waals surface area contributed by atoms with Crippen molar-refractivity contribution in [2.24, 2.45) is 0 Å². The summed E-state index contributed by atoms with van der Waals surface area (Å²) in [5, 5.41) is 0. The van der Waals surface area contributed by atoms with Crippen LogP contribution in [-0.4, -0.2) is 50.6 Å². The molecular formula is C24H34O6. The van der Waals surface area contributed by atoms with E-state index in [0.29, 0.717) is 63.3 Å². The van der Waals surface area contributed by atoms with Gasteiger partial charge in [-0.3, -0.25) is 9.59 Å². The molecule has 6 nitrogen and oxygen atoms in total. The van der Waals surface area contributed by atoms with Crippen molar-refractivity contribution in [2.75, 3.05) is 26.4 Å². The van der Waals surface area contributed by atoms with Crippen LogP contribution in [0.5, 0.6) is 0 Å². The Morgan fingerprint density at radius 2 is 1.17 bits per heavy atom. The maximum absolute atomic E-state index is 11.2. The van der Waals surface area contributed by atoms with E-state index in [1.165, 1.54) is 13.8 Å². The summed E-state index contributed by atoms with van der Waals surface area (Å²) in [4.78, 5) is 22.4. The van der Waals surface area contributed by atoms with Crippen LogP contribution in [0.15, 0.2) is 24.3 Å². The highest BCUT2D eigenvalue weighted by molar-refractivity contribution is 5.66. The van der Waals surface area contributed by atoms with Gasteiger partial charge in [0.25, 0.3) is 0 Å². The Bertz CT molecular complexity index is 581. The zero-order valence-electron chi connectivity index (χ0n) is 18.2. The number of hydrogen-bond donors (Lipinski definition) is 0. The number of allylic oxidation sites excluding steroid dienone is 2. The molecule has 0 aliphatic carbocycles. The third-order valence-corrected chi connectivity index (χ3v) is 4.04. The standard InChI is InChI=1S/C24H34O6/c1-7-19(3)11-13-23(29-21(5)25)17-27-15-9-10-16-28-18-24(30-22(6)26)14-12-20(4)8-2/h1-2,23-24H,3-4,9-18H2,5-6H3. The van der Waals surface area contributed by atoms with E-state index in [4.69, 9.17) is 31.8 Å². The molecule has 166 valence electrons. The first-order valence-corrected chi connectivity index (χ1v) is 10.1. The minimum atomic E-state index is -0.350. The minimum absolute atomic E-state index is 0.311. The van der Waals surface area contributed by atoms with Gasteiger partial charge in [-0.25, -0.2) is 0 Å². The quantitative estimate of drug-likeness (QED) is 0.204. The van der Waals surface area contributed by atoms with Gasteiger partial charge in [0.1, 0.15) is 12.2 Å². The molecule has 0 saturated heterocycles. The molecule has 6 heteroatoms. The third kappa shape index (κ3) is 16.4. The van der Waals surface area contributed by atoms with Gasteiger partial charge >= 0.3 is 11.9 Å². The Morgan fingerprint density at radius 1 is 0.800 bits per heavy atom. The summed E-state index contributed by atoms with van der Waals surface area (Å²) in [5.41, 5.74) is 1.33. The van der Waals surface area contributed by atoms with Crippen LogP contribution in [0, 0.1) is 24.7 Å². The predicted octanol–water partition coefficient (Wildman–Crippen LogP) is 3.60. The van der Waals surface area contributed by atoms with Crippen molar-refractivity contribution in [3.05, 3.63) is 24.3 Å². The largest absolute Gasteiger partial charge is 0.460 e. The van der Waals surface area contributed by atoms with Crippen LogP contribution in [0.3, 0.4) is 0 Å².